The van der Waals surface area contributed by atoms with Gasteiger partial charge in [0, 0.05) is 22.7 Å². The lowest BCUT2D eigenvalue weighted by molar-refractivity contribution is 0.162. The molecule has 0 bridgehead atoms. The highest BCUT2D eigenvalue weighted by Gasteiger charge is 1.81. The summed E-state index contributed by atoms with van der Waals surface area (Å²) in [6.45, 7) is 7.48. The molecule has 0 N–H and O–H groups in total. The highest BCUT2D eigenvalue weighted by molar-refractivity contribution is 6.41. The van der Waals surface area contributed by atoms with Crippen LogP contribution in [0.1, 0.15) is 6.92 Å². The van der Waals surface area contributed by atoms with Crippen molar-refractivity contribution < 1.29 is 4.74 Å². The van der Waals surface area contributed by atoms with Crippen LogP contribution in [0.5, 0.6) is 0 Å². The molecule has 8 heavy (non-hydrogen) atoms. The first-order chi connectivity index (χ1) is 3.91. The summed E-state index contributed by atoms with van der Waals surface area (Å²) in [6, 6.07) is 1.25. The molecule has 0 saturated carbocycles. The largest absolute Gasteiger partial charge is 0.382 e. The van der Waals surface area contributed by atoms with Crippen LogP contribution in [0, 0.1) is 0 Å². The summed E-state index contributed by atoms with van der Waals surface area (Å²) < 4.78 is 5.12. The molecule has 0 heterocycles. The third kappa shape index (κ3) is 5.92. The smallest absolute Gasteiger partial charge is 0.0469 e. The lowest BCUT2D eigenvalue weighted by atomic mass is 10.8. The first kappa shape index (κ1) is 7.92. The first-order valence-electron chi connectivity index (χ1n) is 3.10. The van der Waals surface area contributed by atoms with Crippen LogP contribution in [-0.2, 0) is 4.74 Å². The zero-order valence-electron chi connectivity index (χ0n) is 5.52. The third-order valence-electron chi connectivity index (χ3n) is 0.901. The Morgan fingerprint density at radius 1 is 1.75 bits per heavy atom. The van der Waals surface area contributed by atoms with Crippen LogP contribution < -0.4 is 0 Å². The molecule has 0 saturated heterocycles. The van der Waals surface area contributed by atoms with E-state index in [1.54, 1.807) is 0 Å². The van der Waals surface area contributed by atoms with Crippen molar-refractivity contribution >= 4 is 9.52 Å². The molecular weight excluding hydrogens is 116 g/mol. The van der Waals surface area contributed by atoms with Gasteiger partial charge < -0.3 is 4.74 Å². The van der Waals surface area contributed by atoms with Gasteiger partial charge in [0.2, 0.25) is 0 Å². The van der Waals surface area contributed by atoms with Crippen molar-refractivity contribution in [2.45, 2.75) is 13.0 Å². The molecule has 0 amide bonds. The van der Waals surface area contributed by atoms with Crippen LogP contribution in [0.2, 0.25) is 6.04 Å². The van der Waals surface area contributed by atoms with Gasteiger partial charge in [0.1, 0.15) is 0 Å². The quantitative estimate of drug-likeness (QED) is 0.394. The molecule has 0 aliphatic heterocycles. The summed E-state index contributed by atoms with van der Waals surface area (Å²) in [5.41, 5.74) is 2.05. The molecule has 0 spiro atoms. The van der Waals surface area contributed by atoms with E-state index < -0.39 is 0 Å². The Balaban J connectivity index is 2.62. The second-order valence-corrected chi connectivity index (χ2v) is 3.49. The van der Waals surface area contributed by atoms with E-state index in [1.807, 2.05) is 6.92 Å². The van der Waals surface area contributed by atoms with Crippen molar-refractivity contribution in [2.24, 2.45) is 0 Å². The lowest BCUT2D eigenvalue weighted by Crippen LogP contribution is -1.95. The van der Waals surface area contributed by atoms with Crippen LogP contribution in [0.4, 0.5) is 0 Å². The summed E-state index contributed by atoms with van der Waals surface area (Å²) in [5, 5.41) is 0. The highest BCUT2D eigenvalue weighted by atomic mass is 28.2. The number of ether oxygens (including phenoxy) is 1. The van der Waals surface area contributed by atoms with E-state index in [0.717, 1.165) is 13.2 Å². The van der Waals surface area contributed by atoms with Gasteiger partial charge >= 0.3 is 0 Å². The molecular formula is C6H14OSi. The molecule has 1 nitrogen and oxygen atoms in total. The lowest BCUT2D eigenvalue weighted by Gasteiger charge is -1.94. The van der Waals surface area contributed by atoms with E-state index in [1.165, 1.54) is 6.04 Å². The van der Waals surface area contributed by atoms with Crippen LogP contribution in [0.25, 0.3) is 0 Å². The summed E-state index contributed by atoms with van der Waals surface area (Å²) in [6.07, 6.45) is 0. The van der Waals surface area contributed by atoms with Gasteiger partial charge in [-0.15, -0.1) is 12.3 Å². The minimum Gasteiger partial charge on any atom is -0.382 e. The van der Waals surface area contributed by atoms with Gasteiger partial charge in [-0.25, -0.2) is 0 Å². The number of hydrogen-bond acceptors (Lipinski definition) is 1. The molecule has 0 aliphatic carbocycles. The van der Waals surface area contributed by atoms with Crippen LogP contribution in [-0.4, -0.2) is 22.7 Å². The first-order valence-corrected chi connectivity index (χ1v) is 4.92. The van der Waals surface area contributed by atoms with Gasteiger partial charge in [0.05, 0.1) is 0 Å². The Kier molecular flexibility index (Phi) is 6.85. The highest BCUT2D eigenvalue weighted by Crippen LogP contribution is 1.80. The van der Waals surface area contributed by atoms with Gasteiger partial charge in [-0.05, 0) is 13.0 Å². The van der Waals surface area contributed by atoms with Gasteiger partial charge in [0.15, 0.2) is 0 Å². The molecule has 48 valence electrons. The predicted octanol–water partition coefficient (Wildman–Crippen LogP) is 0.753. The molecule has 0 fully saturated rings. The standard InChI is InChI=1S/C6H14OSi/c1-3-7-5-6-8-4-2/h4H,2-3,5-6,8H2,1H3. The van der Waals surface area contributed by atoms with E-state index in [2.05, 4.69) is 12.3 Å². The molecule has 2 heteroatoms. The van der Waals surface area contributed by atoms with Crippen LogP contribution >= 0.6 is 0 Å². The maximum absolute atomic E-state index is 5.12. The fraction of sp³-hybridized carbons (Fsp3) is 0.667. The van der Waals surface area contributed by atoms with E-state index in [0.29, 0.717) is 0 Å². The summed E-state index contributed by atoms with van der Waals surface area (Å²) in [4.78, 5) is 0. The van der Waals surface area contributed by atoms with E-state index in [-0.39, 0.29) is 9.52 Å². The Bertz CT molecular complexity index is 54.5. The van der Waals surface area contributed by atoms with Crippen LogP contribution in [0.15, 0.2) is 12.3 Å². The molecule has 0 unspecified atom stereocenters. The fourth-order valence-corrected chi connectivity index (χ4v) is 1.13. The summed E-state index contributed by atoms with van der Waals surface area (Å²) >= 11 is 0. The van der Waals surface area contributed by atoms with Gasteiger partial charge in [-0.3, -0.25) is 0 Å². The van der Waals surface area contributed by atoms with Gasteiger partial charge in [0.25, 0.3) is 0 Å². The minimum absolute atomic E-state index is 0.0403. The monoisotopic (exact) mass is 130 g/mol. The Labute approximate surface area is 53.6 Å². The molecule has 0 radical (unpaired) electrons. The molecule has 0 atom stereocenters. The summed E-state index contributed by atoms with van der Waals surface area (Å²) in [7, 11) is 0.0403. The van der Waals surface area contributed by atoms with E-state index >= 15 is 0 Å². The van der Waals surface area contributed by atoms with E-state index in [4.69, 9.17) is 4.74 Å². The Hall–Kier alpha value is -0.0831. The maximum Gasteiger partial charge on any atom is 0.0469 e. The minimum atomic E-state index is 0.0403. The molecule has 0 rings (SSSR count). The van der Waals surface area contributed by atoms with Crippen molar-refractivity contribution in [3.05, 3.63) is 12.3 Å². The third-order valence-corrected chi connectivity index (χ3v) is 2.01. The SMILES string of the molecule is C=C[SiH2]CCOCC. The zero-order valence-corrected chi connectivity index (χ0v) is 6.94. The van der Waals surface area contributed by atoms with E-state index in [9.17, 15) is 0 Å². The second-order valence-electron chi connectivity index (χ2n) is 1.63. The van der Waals surface area contributed by atoms with Crippen molar-refractivity contribution in [2.75, 3.05) is 13.2 Å². The topological polar surface area (TPSA) is 9.23 Å². The van der Waals surface area contributed by atoms with Crippen molar-refractivity contribution in [1.82, 2.24) is 0 Å². The van der Waals surface area contributed by atoms with Crippen molar-refractivity contribution in [1.29, 1.82) is 0 Å². The number of hydrogen-bond donors (Lipinski definition) is 0. The molecule has 0 aromatic carbocycles. The zero-order chi connectivity index (χ0) is 6.24. The Morgan fingerprint density at radius 3 is 3.00 bits per heavy atom. The van der Waals surface area contributed by atoms with Crippen molar-refractivity contribution in [3.63, 3.8) is 0 Å². The Morgan fingerprint density at radius 2 is 2.50 bits per heavy atom. The molecule has 0 aliphatic rings. The second kappa shape index (κ2) is 6.92. The average molecular weight is 130 g/mol. The van der Waals surface area contributed by atoms with Crippen LogP contribution in [0.3, 0.4) is 0 Å². The summed E-state index contributed by atoms with van der Waals surface area (Å²) in [5.74, 6) is 0. The predicted molar refractivity (Wildman–Crippen MR) is 40.0 cm³/mol. The number of rotatable bonds is 5. The fourth-order valence-electron chi connectivity index (χ4n) is 0.474. The molecule has 0 aromatic rings. The maximum atomic E-state index is 5.12. The molecule has 0 aromatic heterocycles. The normalized spacial score (nSPS) is 10.6. The average Bonchev–Trinajstić information content (AvgIpc) is 1.81. The van der Waals surface area contributed by atoms with Crippen molar-refractivity contribution in [3.8, 4) is 0 Å². The van der Waals surface area contributed by atoms with Gasteiger partial charge in [-0.2, -0.15) is 0 Å². The van der Waals surface area contributed by atoms with Gasteiger partial charge in [-0.1, -0.05) is 0 Å².